The summed E-state index contributed by atoms with van der Waals surface area (Å²) in [6.45, 7) is 0.861. The second-order valence-electron chi connectivity index (χ2n) is 7.46. The molecule has 2 aliphatic carbocycles. The van der Waals surface area contributed by atoms with E-state index in [1.165, 1.54) is 7.11 Å². The first-order chi connectivity index (χ1) is 12.4. The Hall–Kier alpha value is -2.21. The van der Waals surface area contributed by atoms with Gasteiger partial charge in [0, 0.05) is 11.8 Å². The highest BCUT2D eigenvalue weighted by molar-refractivity contribution is 5.97. The third-order valence-corrected chi connectivity index (χ3v) is 6.70. The highest BCUT2D eigenvalue weighted by Gasteiger charge is 2.67. The minimum atomic E-state index is -0.421. The minimum Gasteiger partial charge on any atom is -0.504 e. The second-order valence-corrected chi connectivity index (χ2v) is 7.46. The fourth-order valence-corrected chi connectivity index (χ4v) is 5.62. The number of phenolic OH excluding ortho intramolecular Hbond substituents is 1. The number of phenols is 1. The number of allylic oxidation sites excluding steroid dienone is 1. The molecule has 1 fully saturated rings. The molecule has 0 amide bonds. The van der Waals surface area contributed by atoms with Gasteiger partial charge in [-0.2, -0.15) is 0 Å². The monoisotopic (exact) mass is 359 g/mol. The van der Waals surface area contributed by atoms with Crippen LogP contribution < -0.4 is 4.74 Å². The van der Waals surface area contributed by atoms with Gasteiger partial charge >= 0.3 is 0 Å². The van der Waals surface area contributed by atoms with Crippen LogP contribution in [-0.4, -0.2) is 56.3 Å². The summed E-state index contributed by atoms with van der Waals surface area (Å²) in [4.78, 5) is 15.3. The lowest BCUT2D eigenvalue weighted by molar-refractivity contribution is -0.124. The first kappa shape index (κ1) is 17.2. The molecule has 1 N–H and O–H groups in total. The lowest BCUT2D eigenvalue weighted by atomic mass is 9.54. The second kappa shape index (κ2) is 5.64. The van der Waals surface area contributed by atoms with Crippen LogP contribution in [0.3, 0.4) is 0 Å². The van der Waals surface area contributed by atoms with Gasteiger partial charge in [0.25, 0.3) is 0 Å². The number of carbonyl (C=O) groups is 1. The minimum absolute atomic E-state index is 0.0323. The fraction of sp³-hybridized carbons (Fsp3) is 0.550. The van der Waals surface area contributed by atoms with E-state index in [-0.39, 0.29) is 11.5 Å². The third kappa shape index (κ3) is 1.83. The van der Waals surface area contributed by atoms with Crippen molar-refractivity contribution in [2.24, 2.45) is 0 Å². The van der Waals surface area contributed by atoms with Crippen LogP contribution in [0.4, 0.5) is 0 Å². The molecule has 0 radical (unpaired) electrons. The topological polar surface area (TPSA) is 68.2 Å². The average molecular weight is 359 g/mol. The summed E-state index contributed by atoms with van der Waals surface area (Å²) in [5.74, 6) is 1.52. The SMILES string of the molecule is COC1=C(OC)[C@]23CCc4cc(O)c(OC)cc4C2(CCN3C)CC1=O. The van der Waals surface area contributed by atoms with Gasteiger partial charge in [0.1, 0.15) is 0 Å². The molecule has 6 nitrogen and oxygen atoms in total. The fourth-order valence-electron chi connectivity index (χ4n) is 5.62. The number of ketones is 1. The number of nitrogens with zero attached hydrogens (tertiary/aromatic N) is 1. The zero-order chi connectivity index (χ0) is 18.7. The Morgan fingerprint density at radius 2 is 1.88 bits per heavy atom. The predicted molar refractivity (Wildman–Crippen MR) is 95.3 cm³/mol. The Kier molecular flexibility index (Phi) is 3.74. The Morgan fingerprint density at radius 1 is 1.12 bits per heavy atom. The molecule has 6 heteroatoms. The van der Waals surface area contributed by atoms with E-state index in [2.05, 4.69) is 11.9 Å². The molecule has 0 saturated carbocycles. The largest absolute Gasteiger partial charge is 0.504 e. The lowest BCUT2D eigenvalue weighted by Crippen LogP contribution is -2.62. The zero-order valence-corrected chi connectivity index (χ0v) is 15.7. The van der Waals surface area contributed by atoms with E-state index in [0.29, 0.717) is 23.7 Å². The van der Waals surface area contributed by atoms with Crippen molar-refractivity contribution in [3.05, 3.63) is 34.8 Å². The summed E-state index contributed by atoms with van der Waals surface area (Å²) in [7, 11) is 6.78. The first-order valence-corrected chi connectivity index (χ1v) is 8.92. The Balaban J connectivity index is 2.04. The summed E-state index contributed by atoms with van der Waals surface area (Å²) in [6.07, 6.45) is 2.82. The van der Waals surface area contributed by atoms with Crippen LogP contribution in [0.15, 0.2) is 23.7 Å². The van der Waals surface area contributed by atoms with Gasteiger partial charge in [-0.25, -0.2) is 0 Å². The molecule has 1 saturated heterocycles. The van der Waals surface area contributed by atoms with E-state index in [9.17, 15) is 9.90 Å². The molecule has 0 spiro atoms. The van der Waals surface area contributed by atoms with Gasteiger partial charge in [0.15, 0.2) is 17.3 Å². The number of aryl methyl sites for hydroxylation is 1. The summed E-state index contributed by atoms with van der Waals surface area (Å²) < 4.78 is 16.6. The summed E-state index contributed by atoms with van der Waals surface area (Å²) in [5, 5.41) is 10.2. The number of rotatable bonds is 3. The first-order valence-electron chi connectivity index (χ1n) is 8.92. The van der Waals surface area contributed by atoms with E-state index in [1.807, 2.05) is 6.07 Å². The Morgan fingerprint density at radius 3 is 2.54 bits per heavy atom. The third-order valence-electron chi connectivity index (χ3n) is 6.70. The van der Waals surface area contributed by atoms with Crippen molar-refractivity contribution in [1.82, 2.24) is 4.90 Å². The molecule has 2 atom stereocenters. The van der Waals surface area contributed by atoms with Crippen molar-refractivity contribution >= 4 is 5.78 Å². The molecule has 3 aliphatic rings. The lowest BCUT2D eigenvalue weighted by Gasteiger charge is -2.55. The van der Waals surface area contributed by atoms with Crippen LogP contribution in [-0.2, 0) is 26.1 Å². The van der Waals surface area contributed by atoms with Crippen molar-refractivity contribution in [1.29, 1.82) is 0 Å². The normalized spacial score (nSPS) is 30.5. The van der Waals surface area contributed by atoms with Gasteiger partial charge in [0.05, 0.1) is 26.9 Å². The maximum absolute atomic E-state index is 13.0. The number of benzene rings is 1. The van der Waals surface area contributed by atoms with Crippen molar-refractivity contribution in [2.45, 2.75) is 36.6 Å². The average Bonchev–Trinajstić information content (AvgIpc) is 2.93. The molecule has 1 aromatic carbocycles. The summed E-state index contributed by atoms with van der Waals surface area (Å²) in [5.41, 5.74) is 1.34. The van der Waals surface area contributed by atoms with Crippen LogP contribution >= 0.6 is 0 Å². The van der Waals surface area contributed by atoms with Gasteiger partial charge in [-0.1, -0.05) is 0 Å². The maximum atomic E-state index is 13.0. The summed E-state index contributed by atoms with van der Waals surface area (Å²) >= 11 is 0. The molecule has 1 unspecified atom stereocenters. The Bertz CT molecular complexity index is 817. The number of likely N-dealkylation sites (N-methyl/N-ethyl adjacent to an activating group) is 1. The molecule has 0 aromatic heterocycles. The number of hydrogen-bond acceptors (Lipinski definition) is 6. The van der Waals surface area contributed by atoms with E-state index in [0.717, 1.165) is 36.9 Å². The number of aromatic hydroxyl groups is 1. The number of hydrogen-bond donors (Lipinski definition) is 1. The van der Waals surface area contributed by atoms with Gasteiger partial charge in [0.2, 0.25) is 11.5 Å². The van der Waals surface area contributed by atoms with Crippen LogP contribution in [0.25, 0.3) is 0 Å². The number of fused-ring (bicyclic) bond motifs is 1. The molecular formula is C20H25NO5. The molecular weight excluding hydrogens is 334 g/mol. The van der Waals surface area contributed by atoms with Gasteiger partial charge in [-0.3, -0.25) is 9.69 Å². The van der Waals surface area contributed by atoms with Gasteiger partial charge in [-0.05, 0) is 56.1 Å². The number of Topliss-reactive ketones (excluding diaryl/α,β-unsaturated/α-hetero) is 1. The molecule has 0 bridgehead atoms. The smallest absolute Gasteiger partial charge is 0.201 e. The van der Waals surface area contributed by atoms with Crippen molar-refractivity contribution in [2.75, 3.05) is 34.9 Å². The molecule has 26 heavy (non-hydrogen) atoms. The number of methoxy groups -OCH3 is 3. The van der Waals surface area contributed by atoms with E-state index < -0.39 is 11.0 Å². The highest BCUT2D eigenvalue weighted by Crippen LogP contribution is 2.62. The predicted octanol–water partition coefficient (Wildman–Crippen LogP) is 2.14. The molecule has 140 valence electrons. The van der Waals surface area contributed by atoms with Crippen LogP contribution in [0.1, 0.15) is 30.4 Å². The van der Waals surface area contributed by atoms with Crippen molar-refractivity contribution < 1.29 is 24.1 Å². The molecule has 1 heterocycles. The van der Waals surface area contributed by atoms with Gasteiger partial charge < -0.3 is 19.3 Å². The highest BCUT2D eigenvalue weighted by atomic mass is 16.5. The van der Waals surface area contributed by atoms with Crippen molar-refractivity contribution in [3.8, 4) is 11.5 Å². The molecule has 4 rings (SSSR count). The van der Waals surface area contributed by atoms with E-state index in [1.54, 1.807) is 20.3 Å². The maximum Gasteiger partial charge on any atom is 0.201 e. The standard InChI is InChI=1S/C20H25NO5/c1-21-8-7-19-11-15(23)17(25-3)18(26-4)20(19,21)6-5-12-9-14(22)16(24-2)10-13(12)19/h9-10,22H,5-8,11H2,1-4H3/t19?,20-/m1/s1. The molecule has 1 aromatic rings. The van der Waals surface area contributed by atoms with Crippen LogP contribution in [0, 0.1) is 0 Å². The van der Waals surface area contributed by atoms with Crippen LogP contribution in [0.2, 0.25) is 0 Å². The molecule has 1 aliphatic heterocycles. The summed E-state index contributed by atoms with van der Waals surface area (Å²) in [6, 6.07) is 3.70. The van der Waals surface area contributed by atoms with E-state index >= 15 is 0 Å². The number of carbonyl (C=O) groups excluding carboxylic acids is 1. The van der Waals surface area contributed by atoms with Crippen molar-refractivity contribution in [3.63, 3.8) is 0 Å². The Labute approximate surface area is 153 Å². The quantitative estimate of drug-likeness (QED) is 0.892. The zero-order valence-electron chi connectivity index (χ0n) is 15.7. The van der Waals surface area contributed by atoms with Gasteiger partial charge in [-0.15, -0.1) is 0 Å². The van der Waals surface area contributed by atoms with E-state index in [4.69, 9.17) is 14.2 Å². The van der Waals surface area contributed by atoms with Crippen LogP contribution in [0.5, 0.6) is 11.5 Å². The number of ether oxygens (including phenoxy) is 3. The number of likely N-dealkylation sites (tertiary alicyclic amines) is 1.